The van der Waals surface area contributed by atoms with Crippen LogP contribution in [0.4, 0.5) is 5.82 Å². The predicted molar refractivity (Wildman–Crippen MR) is 77.2 cm³/mol. The molecule has 19 heavy (non-hydrogen) atoms. The summed E-state index contributed by atoms with van der Waals surface area (Å²) >= 11 is 0. The molecule has 5 heteroatoms. The Morgan fingerprint density at radius 2 is 1.95 bits per heavy atom. The van der Waals surface area contributed by atoms with Gasteiger partial charge in [0.15, 0.2) is 0 Å². The van der Waals surface area contributed by atoms with Gasteiger partial charge < -0.3 is 10.2 Å². The first-order valence-corrected chi connectivity index (χ1v) is 6.95. The van der Waals surface area contributed by atoms with Crippen LogP contribution in [0.25, 0.3) is 0 Å². The van der Waals surface area contributed by atoms with Crippen LogP contribution in [0.3, 0.4) is 0 Å². The highest BCUT2D eigenvalue weighted by Crippen LogP contribution is 2.12. The van der Waals surface area contributed by atoms with Crippen molar-refractivity contribution in [2.24, 2.45) is 5.92 Å². The summed E-state index contributed by atoms with van der Waals surface area (Å²) in [5.74, 6) is 1.18. The van der Waals surface area contributed by atoms with Crippen molar-refractivity contribution in [3.63, 3.8) is 0 Å². The number of carbonyl (C=O) groups excluding carboxylic acids is 1. The summed E-state index contributed by atoms with van der Waals surface area (Å²) in [6.07, 6.45) is 5.29. The Kier molecular flexibility index (Phi) is 6.25. The molecule has 0 saturated carbocycles. The van der Waals surface area contributed by atoms with Gasteiger partial charge in [0.1, 0.15) is 11.5 Å². The van der Waals surface area contributed by atoms with Gasteiger partial charge in [0.2, 0.25) is 0 Å². The lowest BCUT2D eigenvalue weighted by Gasteiger charge is -2.25. The molecule has 1 amide bonds. The van der Waals surface area contributed by atoms with Gasteiger partial charge in [-0.1, -0.05) is 26.7 Å². The molecule has 0 atom stereocenters. The van der Waals surface area contributed by atoms with Crippen LogP contribution in [0.2, 0.25) is 0 Å². The fourth-order valence-electron chi connectivity index (χ4n) is 1.94. The van der Waals surface area contributed by atoms with Crippen LogP contribution in [-0.2, 0) is 0 Å². The number of amides is 1. The Labute approximate surface area is 115 Å². The first-order valence-electron chi connectivity index (χ1n) is 6.95. The third-order valence-electron chi connectivity index (χ3n) is 3.43. The van der Waals surface area contributed by atoms with Crippen LogP contribution in [0, 0.1) is 5.92 Å². The van der Waals surface area contributed by atoms with Crippen molar-refractivity contribution >= 4 is 11.7 Å². The SMILES string of the molecule is CCC(CC)CN(CC)C(=O)c1cnc(NC)cn1. The molecule has 0 aliphatic heterocycles. The molecule has 5 nitrogen and oxygen atoms in total. The Bertz CT molecular complexity index is 387. The Morgan fingerprint density at radius 1 is 1.26 bits per heavy atom. The zero-order valence-electron chi connectivity index (χ0n) is 12.3. The molecule has 0 fully saturated rings. The minimum absolute atomic E-state index is 0.0375. The maximum Gasteiger partial charge on any atom is 0.274 e. The molecule has 0 spiro atoms. The van der Waals surface area contributed by atoms with E-state index in [1.165, 1.54) is 6.20 Å². The van der Waals surface area contributed by atoms with Crippen molar-refractivity contribution in [2.45, 2.75) is 33.6 Å². The highest BCUT2D eigenvalue weighted by molar-refractivity contribution is 5.92. The molecule has 1 N–H and O–H groups in total. The molecule has 0 aromatic carbocycles. The number of hydrogen-bond acceptors (Lipinski definition) is 4. The largest absolute Gasteiger partial charge is 0.372 e. The zero-order chi connectivity index (χ0) is 14.3. The summed E-state index contributed by atoms with van der Waals surface area (Å²) in [6, 6.07) is 0. The maximum absolute atomic E-state index is 12.3. The van der Waals surface area contributed by atoms with Crippen molar-refractivity contribution in [2.75, 3.05) is 25.5 Å². The number of aromatic nitrogens is 2. The van der Waals surface area contributed by atoms with E-state index in [2.05, 4.69) is 29.1 Å². The van der Waals surface area contributed by atoms with Gasteiger partial charge in [-0.05, 0) is 12.8 Å². The van der Waals surface area contributed by atoms with Gasteiger partial charge in [-0.2, -0.15) is 0 Å². The summed E-state index contributed by atoms with van der Waals surface area (Å²) in [5, 5.41) is 2.89. The van der Waals surface area contributed by atoms with Crippen molar-refractivity contribution in [3.8, 4) is 0 Å². The maximum atomic E-state index is 12.3. The summed E-state index contributed by atoms with van der Waals surface area (Å²) in [4.78, 5) is 22.5. The second kappa shape index (κ2) is 7.71. The first-order chi connectivity index (χ1) is 9.15. The van der Waals surface area contributed by atoms with Gasteiger partial charge in [-0.15, -0.1) is 0 Å². The number of carbonyl (C=O) groups is 1. The van der Waals surface area contributed by atoms with Gasteiger partial charge in [-0.25, -0.2) is 9.97 Å². The van der Waals surface area contributed by atoms with Crippen LogP contribution < -0.4 is 5.32 Å². The number of rotatable bonds is 7. The second-order valence-electron chi connectivity index (χ2n) is 4.56. The quantitative estimate of drug-likeness (QED) is 0.821. The Balaban J connectivity index is 2.76. The van der Waals surface area contributed by atoms with E-state index in [4.69, 9.17) is 0 Å². The molecule has 0 unspecified atom stereocenters. The van der Waals surface area contributed by atoms with Crippen molar-refractivity contribution in [3.05, 3.63) is 18.1 Å². The fourth-order valence-corrected chi connectivity index (χ4v) is 1.94. The van der Waals surface area contributed by atoms with E-state index >= 15 is 0 Å². The van der Waals surface area contributed by atoms with Gasteiger partial charge in [0.05, 0.1) is 12.4 Å². The third-order valence-corrected chi connectivity index (χ3v) is 3.43. The molecule has 0 saturated heterocycles. The van der Waals surface area contributed by atoms with Gasteiger partial charge >= 0.3 is 0 Å². The van der Waals surface area contributed by atoms with E-state index in [0.29, 0.717) is 24.0 Å². The van der Waals surface area contributed by atoms with Crippen molar-refractivity contribution in [1.82, 2.24) is 14.9 Å². The Hall–Kier alpha value is -1.65. The third kappa shape index (κ3) is 4.19. The van der Waals surface area contributed by atoms with Crippen molar-refractivity contribution < 1.29 is 4.79 Å². The average molecular weight is 264 g/mol. The standard InChI is InChI=1S/C14H24N4O/c1-5-11(6-2)10-18(7-3)14(19)12-8-17-13(15-4)9-16-12/h8-9,11H,5-7,10H2,1-4H3,(H,15,17). The Morgan fingerprint density at radius 3 is 2.37 bits per heavy atom. The first kappa shape index (κ1) is 15.4. The van der Waals surface area contributed by atoms with E-state index in [1.807, 2.05) is 11.8 Å². The molecule has 106 valence electrons. The lowest BCUT2D eigenvalue weighted by Crippen LogP contribution is -2.35. The highest BCUT2D eigenvalue weighted by atomic mass is 16.2. The van der Waals surface area contributed by atoms with Crippen LogP contribution in [0.15, 0.2) is 12.4 Å². The molecule has 1 aromatic rings. The molecular weight excluding hydrogens is 240 g/mol. The van der Waals surface area contributed by atoms with E-state index in [1.54, 1.807) is 13.2 Å². The fraction of sp³-hybridized carbons (Fsp3) is 0.643. The lowest BCUT2D eigenvalue weighted by atomic mass is 10.0. The summed E-state index contributed by atoms with van der Waals surface area (Å²) < 4.78 is 0. The van der Waals surface area contributed by atoms with Crippen LogP contribution in [0.1, 0.15) is 44.1 Å². The molecular formula is C14H24N4O. The molecule has 0 aliphatic carbocycles. The van der Waals surface area contributed by atoms with E-state index in [-0.39, 0.29) is 5.91 Å². The molecule has 0 aliphatic rings. The van der Waals surface area contributed by atoms with Crippen molar-refractivity contribution in [1.29, 1.82) is 0 Å². The zero-order valence-corrected chi connectivity index (χ0v) is 12.3. The number of hydrogen-bond donors (Lipinski definition) is 1. The van der Waals surface area contributed by atoms with Crippen LogP contribution >= 0.6 is 0 Å². The minimum Gasteiger partial charge on any atom is -0.372 e. The topological polar surface area (TPSA) is 58.1 Å². The molecule has 0 radical (unpaired) electrons. The molecule has 1 heterocycles. The van der Waals surface area contributed by atoms with E-state index in [9.17, 15) is 4.79 Å². The predicted octanol–water partition coefficient (Wildman–Crippen LogP) is 2.42. The normalized spacial score (nSPS) is 10.6. The number of nitrogens with one attached hydrogen (secondary N) is 1. The molecule has 0 bridgehead atoms. The monoisotopic (exact) mass is 264 g/mol. The minimum atomic E-state index is -0.0375. The van der Waals surface area contributed by atoms with Gasteiger partial charge in [-0.3, -0.25) is 4.79 Å². The van der Waals surface area contributed by atoms with Gasteiger partial charge in [0, 0.05) is 20.1 Å². The summed E-state index contributed by atoms with van der Waals surface area (Å²) in [6.45, 7) is 7.81. The number of anilines is 1. The second-order valence-corrected chi connectivity index (χ2v) is 4.56. The molecule has 1 rings (SSSR count). The molecule has 1 aromatic heterocycles. The van der Waals surface area contributed by atoms with Crippen LogP contribution in [-0.4, -0.2) is 40.9 Å². The van der Waals surface area contributed by atoms with E-state index in [0.717, 1.165) is 19.4 Å². The summed E-state index contributed by atoms with van der Waals surface area (Å²) in [5.41, 5.74) is 0.409. The lowest BCUT2D eigenvalue weighted by molar-refractivity contribution is 0.0728. The van der Waals surface area contributed by atoms with Crippen LogP contribution in [0.5, 0.6) is 0 Å². The average Bonchev–Trinajstić information content (AvgIpc) is 2.48. The van der Waals surface area contributed by atoms with E-state index < -0.39 is 0 Å². The number of nitrogens with zero attached hydrogens (tertiary/aromatic N) is 3. The highest BCUT2D eigenvalue weighted by Gasteiger charge is 2.18. The smallest absolute Gasteiger partial charge is 0.274 e. The van der Waals surface area contributed by atoms with Gasteiger partial charge in [0.25, 0.3) is 5.91 Å². The summed E-state index contributed by atoms with van der Waals surface area (Å²) in [7, 11) is 1.77.